The van der Waals surface area contributed by atoms with Crippen LogP contribution in [0.15, 0.2) is 53.0 Å². The summed E-state index contributed by atoms with van der Waals surface area (Å²) < 4.78 is 0.855. The Labute approximate surface area is 126 Å². The van der Waals surface area contributed by atoms with Gasteiger partial charge in [0.15, 0.2) is 0 Å². The van der Waals surface area contributed by atoms with Gasteiger partial charge in [0, 0.05) is 10.0 Å². The first-order valence-corrected chi connectivity index (χ1v) is 7.14. The fourth-order valence-corrected chi connectivity index (χ4v) is 2.36. The van der Waals surface area contributed by atoms with E-state index in [9.17, 15) is 9.90 Å². The van der Waals surface area contributed by atoms with Gasteiger partial charge in [-0.1, -0.05) is 52.3 Å². The van der Waals surface area contributed by atoms with E-state index in [4.69, 9.17) is 0 Å². The van der Waals surface area contributed by atoms with E-state index in [-0.39, 0.29) is 12.5 Å². The molecule has 1 atom stereocenters. The van der Waals surface area contributed by atoms with Crippen LogP contribution < -0.4 is 5.32 Å². The molecule has 2 rings (SSSR count). The van der Waals surface area contributed by atoms with Gasteiger partial charge in [-0.2, -0.15) is 0 Å². The van der Waals surface area contributed by atoms with Crippen molar-refractivity contribution in [1.82, 2.24) is 5.32 Å². The van der Waals surface area contributed by atoms with Crippen LogP contribution in [-0.2, 0) is 0 Å². The number of carbonyl (C=O) groups is 1. The first-order chi connectivity index (χ1) is 9.61. The van der Waals surface area contributed by atoms with Crippen molar-refractivity contribution in [2.75, 3.05) is 6.61 Å². The van der Waals surface area contributed by atoms with Crippen molar-refractivity contribution in [3.8, 4) is 0 Å². The Balaban J connectivity index is 2.20. The summed E-state index contributed by atoms with van der Waals surface area (Å²) in [7, 11) is 0. The molecule has 4 heteroatoms. The van der Waals surface area contributed by atoms with E-state index in [1.165, 1.54) is 0 Å². The number of halogens is 1. The molecule has 2 aromatic carbocycles. The van der Waals surface area contributed by atoms with Crippen molar-refractivity contribution < 1.29 is 9.90 Å². The zero-order chi connectivity index (χ0) is 14.5. The van der Waals surface area contributed by atoms with E-state index in [1.807, 2.05) is 49.4 Å². The van der Waals surface area contributed by atoms with Crippen LogP contribution in [0.4, 0.5) is 0 Å². The Morgan fingerprint density at radius 1 is 1.25 bits per heavy atom. The average Bonchev–Trinajstić information content (AvgIpc) is 2.48. The second-order valence-corrected chi connectivity index (χ2v) is 5.49. The maximum absolute atomic E-state index is 12.3. The van der Waals surface area contributed by atoms with E-state index in [2.05, 4.69) is 21.2 Å². The molecule has 104 valence electrons. The number of amides is 1. The number of aryl methyl sites for hydroxylation is 1. The van der Waals surface area contributed by atoms with E-state index >= 15 is 0 Å². The predicted octanol–water partition coefficient (Wildman–Crippen LogP) is 3.22. The molecule has 0 bridgehead atoms. The van der Waals surface area contributed by atoms with Crippen molar-refractivity contribution in [2.24, 2.45) is 0 Å². The summed E-state index contributed by atoms with van der Waals surface area (Å²) in [5.41, 5.74) is 2.39. The van der Waals surface area contributed by atoms with E-state index in [0.717, 1.165) is 15.6 Å². The molecule has 0 unspecified atom stereocenters. The number of aliphatic hydroxyl groups excluding tert-OH is 1. The summed E-state index contributed by atoms with van der Waals surface area (Å²) >= 11 is 3.36. The van der Waals surface area contributed by atoms with E-state index in [1.54, 1.807) is 6.07 Å². The molecule has 0 aliphatic carbocycles. The Bertz CT molecular complexity index is 599. The molecule has 0 aliphatic heterocycles. The number of aliphatic hydroxyl groups is 1. The highest BCUT2D eigenvalue weighted by atomic mass is 79.9. The van der Waals surface area contributed by atoms with Crippen LogP contribution >= 0.6 is 15.9 Å². The van der Waals surface area contributed by atoms with Gasteiger partial charge in [-0.25, -0.2) is 0 Å². The highest BCUT2D eigenvalue weighted by Crippen LogP contribution is 2.18. The number of hydrogen-bond acceptors (Lipinski definition) is 2. The van der Waals surface area contributed by atoms with Gasteiger partial charge in [0.1, 0.15) is 0 Å². The SMILES string of the molecule is Cc1ccc(Br)cc1C(=O)N[C@@H](CO)c1ccccc1. The Morgan fingerprint density at radius 2 is 1.95 bits per heavy atom. The summed E-state index contributed by atoms with van der Waals surface area (Å²) in [6.45, 7) is 1.75. The molecule has 0 aliphatic rings. The van der Waals surface area contributed by atoms with Crippen LogP contribution in [0.2, 0.25) is 0 Å². The maximum Gasteiger partial charge on any atom is 0.252 e. The van der Waals surface area contributed by atoms with Gasteiger partial charge in [-0.3, -0.25) is 4.79 Å². The Hall–Kier alpha value is -1.65. The summed E-state index contributed by atoms with van der Waals surface area (Å²) in [6.07, 6.45) is 0. The molecule has 1 amide bonds. The van der Waals surface area contributed by atoms with Crippen LogP contribution in [0.1, 0.15) is 27.5 Å². The lowest BCUT2D eigenvalue weighted by Crippen LogP contribution is -2.31. The number of carbonyl (C=O) groups excluding carboxylic acids is 1. The standard InChI is InChI=1S/C16H16BrNO2/c1-11-7-8-13(17)9-14(11)16(20)18-15(10-19)12-5-3-2-4-6-12/h2-9,15,19H,10H2,1H3,(H,18,20)/t15-/m0/s1. The molecule has 0 saturated carbocycles. The summed E-state index contributed by atoms with van der Waals surface area (Å²) in [6, 6.07) is 14.6. The zero-order valence-corrected chi connectivity index (χ0v) is 12.7. The van der Waals surface area contributed by atoms with Crippen molar-refractivity contribution in [1.29, 1.82) is 0 Å². The third-order valence-corrected chi connectivity index (χ3v) is 3.63. The lowest BCUT2D eigenvalue weighted by atomic mass is 10.1. The first-order valence-electron chi connectivity index (χ1n) is 6.34. The maximum atomic E-state index is 12.3. The monoisotopic (exact) mass is 333 g/mol. The highest BCUT2D eigenvalue weighted by molar-refractivity contribution is 9.10. The quantitative estimate of drug-likeness (QED) is 0.902. The highest BCUT2D eigenvalue weighted by Gasteiger charge is 2.16. The molecule has 2 N–H and O–H groups in total. The Morgan fingerprint density at radius 3 is 2.60 bits per heavy atom. The van der Waals surface area contributed by atoms with Gasteiger partial charge >= 0.3 is 0 Å². The van der Waals surface area contributed by atoms with Crippen LogP contribution in [-0.4, -0.2) is 17.6 Å². The smallest absolute Gasteiger partial charge is 0.252 e. The zero-order valence-electron chi connectivity index (χ0n) is 11.1. The van der Waals surface area contributed by atoms with E-state index in [0.29, 0.717) is 5.56 Å². The van der Waals surface area contributed by atoms with Gasteiger partial charge in [-0.05, 0) is 30.2 Å². The molecular weight excluding hydrogens is 318 g/mol. The summed E-state index contributed by atoms with van der Waals surface area (Å²) in [5, 5.41) is 12.3. The minimum absolute atomic E-state index is 0.136. The normalized spacial score (nSPS) is 11.9. The van der Waals surface area contributed by atoms with Crippen molar-refractivity contribution >= 4 is 21.8 Å². The fourth-order valence-electron chi connectivity index (χ4n) is 1.99. The minimum Gasteiger partial charge on any atom is -0.394 e. The number of hydrogen-bond donors (Lipinski definition) is 2. The van der Waals surface area contributed by atoms with Crippen LogP contribution in [0.3, 0.4) is 0 Å². The van der Waals surface area contributed by atoms with Gasteiger partial charge in [0.05, 0.1) is 12.6 Å². The largest absolute Gasteiger partial charge is 0.394 e. The number of nitrogens with one attached hydrogen (secondary N) is 1. The lowest BCUT2D eigenvalue weighted by Gasteiger charge is -2.17. The third kappa shape index (κ3) is 3.46. The third-order valence-electron chi connectivity index (χ3n) is 3.13. The topological polar surface area (TPSA) is 49.3 Å². The molecule has 0 spiro atoms. The van der Waals surface area contributed by atoms with Crippen LogP contribution in [0.5, 0.6) is 0 Å². The van der Waals surface area contributed by atoms with Crippen LogP contribution in [0.25, 0.3) is 0 Å². The summed E-state index contributed by atoms with van der Waals surface area (Å²) in [4.78, 5) is 12.3. The Kier molecular flexibility index (Phi) is 4.93. The fraction of sp³-hybridized carbons (Fsp3) is 0.188. The summed E-state index contributed by atoms with van der Waals surface area (Å²) in [5.74, 6) is -0.188. The second kappa shape index (κ2) is 6.68. The van der Waals surface area contributed by atoms with Crippen LogP contribution in [0, 0.1) is 6.92 Å². The molecule has 0 heterocycles. The van der Waals surface area contributed by atoms with Crippen molar-refractivity contribution in [3.05, 3.63) is 69.7 Å². The van der Waals surface area contributed by atoms with E-state index < -0.39 is 6.04 Å². The van der Waals surface area contributed by atoms with Crippen molar-refractivity contribution in [2.45, 2.75) is 13.0 Å². The molecule has 0 aromatic heterocycles. The number of benzene rings is 2. The second-order valence-electron chi connectivity index (χ2n) is 4.58. The van der Waals surface area contributed by atoms with Gasteiger partial charge in [-0.15, -0.1) is 0 Å². The molecule has 0 saturated heterocycles. The van der Waals surface area contributed by atoms with Gasteiger partial charge in [0.2, 0.25) is 0 Å². The molecule has 2 aromatic rings. The number of rotatable bonds is 4. The van der Waals surface area contributed by atoms with Gasteiger partial charge < -0.3 is 10.4 Å². The molecule has 20 heavy (non-hydrogen) atoms. The van der Waals surface area contributed by atoms with Gasteiger partial charge in [0.25, 0.3) is 5.91 Å². The molecule has 0 fully saturated rings. The first kappa shape index (κ1) is 14.8. The molecular formula is C16H16BrNO2. The minimum atomic E-state index is -0.401. The predicted molar refractivity (Wildman–Crippen MR) is 82.6 cm³/mol. The molecule has 0 radical (unpaired) electrons. The average molecular weight is 334 g/mol. The lowest BCUT2D eigenvalue weighted by molar-refractivity contribution is 0.0915. The molecule has 3 nitrogen and oxygen atoms in total. The van der Waals surface area contributed by atoms with Crippen molar-refractivity contribution in [3.63, 3.8) is 0 Å².